The second-order valence-electron chi connectivity index (χ2n) is 6.28. The molecule has 2 aromatic heterocycles. The zero-order chi connectivity index (χ0) is 17.0. The van der Waals surface area contributed by atoms with Crippen LogP contribution in [0.15, 0.2) is 16.8 Å². The number of amides is 1. The molecule has 0 aliphatic rings. The van der Waals surface area contributed by atoms with Crippen molar-refractivity contribution in [3.63, 3.8) is 0 Å². The van der Waals surface area contributed by atoms with Gasteiger partial charge in [-0.2, -0.15) is 0 Å². The molecule has 0 saturated carbocycles. The van der Waals surface area contributed by atoms with Gasteiger partial charge in [0.15, 0.2) is 5.13 Å². The average molecular weight is 335 g/mol. The summed E-state index contributed by atoms with van der Waals surface area (Å²) in [6, 6.07) is 0. The fourth-order valence-corrected chi connectivity index (χ4v) is 2.31. The van der Waals surface area contributed by atoms with Gasteiger partial charge in [-0.1, -0.05) is 25.2 Å². The van der Waals surface area contributed by atoms with Crippen molar-refractivity contribution in [1.82, 2.24) is 9.97 Å². The van der Waals surface area contributed by atoms with Crippen LogP contribution < -0.4 is 5.32 Å². The average Bonchev–Trinajstić information content (AvgIpc) is 3.02. The summed E-state index contributed by atoms with van der Waals surface area (Å²) >= 11 is 1.34. The Morgan fingerprint density at radius 3 is 2.65 bits per heavy atom. The van der Waals surface area contributed by atoms with E-state index in [4.69, 9.17) is 9.15 Å². The summed E-state index contributed by atoms with van der Waals surface area (Å²) in [6.07, 6.45) is 6.49. The van der Waals surface area contributed by atoms with Crippen molar-refractivity contribution in [2.45, 2.75) is 46.1 Å². The summed E-state index contributed by atoms with van der Waals surface area (Å²) in [5.74, 6) is 1.70. The molecule has 124 valence electrons. The molecule has 0 aliphatic heterocycles. The van der Waals surface area contributed by atoms with Crippen molar-refractivity contribution in [2.24, 2.45) is 0 Å². The maximum absolute atomic E-state index is 11.7. The molecule has 7 heteroatoms. The van der Waals surface area contributed by atoms with Gasteiger partial charge < -0.3 is 9.15 Å². The lowest BCUT2D eigenvalue weighted by atomic mass is 10.2. The van der Waals surface area contributed by atoms with Gasteiger partial charge in [0.25, 0.3) is 0 Å². The van der Waals surface area contributed by atoms with Crippen LogP contribution in [0.3, 0.4) is 0 Å². The van der Waals surface area contributed by atoms with E-state index in [1.54, 1.807) is 18.5 Å². The number of rotatable bonds is 4. The SMILES string of the molecule is CC(C)c1cnc(C=Cc2cnc(NC(=O)OC(C)(C)C)s2)o1. The van der Waals surface area contributed by atoms with E-state index in [1.165, 1.54) is 11.3 Å². The molecule has 2 aromatic rings. The highest BCUT2D eigenvalue weighted by Gasteiger charge is 2.17. The van der Waals surface area contributed by atoms with Crippen LogP contribution in [0.25, 0.3) is 12.2 Å². The Labute approximate surface area is 139 Å². The zero-order valence-corrected chi connectivity index (χ0v) is 14.7. The summed E-state index contributed by atoms with van der Waals surface area (Å²) in [4.78, 5) is 20.9. The largest absolute Gasteiger partial charge is 0.444 e. The Hall–Kier alpha value is -2.15. The van der Waals surface area contributed by atoms with E-state index in [1.807, 2.05) is 40.7 Å². The van der Waals surface area contributed by atoms with Crippen molar-refractivity contribution < 1.29 is 13.9 Å². The monoisotopic (exact) mass is 335 g/mol. The first-order chi connectivity index (χ1) is 10.7. The van der Waals surface area contributed by atoms with Gasteiger partial charge in [0, 0.05) is 23.1 Å². The molecule has 1 N–H and O–H groups in total. The number of hydrogen-bond acceptors (Lipinski definition) is 6. The number of anilines is 1. The number of nitrogens with one attached hydrogen (secondary N) is 1. The van der Waals surface area contributed by atoms with Crippen LogP contribution in [-0.2, 0) is 4.74 Å². The van der Waals surface area contributed by atoms with Crippen LogP contribution in [-0.4, -0.2) is 21.7 Å². The zero-order valence-electron chi connectivity index (χ0n) is 13.9. The maximum atomic E-state index is 11.7. The minimum atomic E-state index is -0.539. The molecule has 2 rings (SSSR count). The fraction of sp³-hybridized carbons (Fsp3) is 0.438. The standard InChI is InChI=1S/C16H21N3O3S/c1-10(2)12-9-17-13(21-12)7-6-11-8-18-14(23-11)19-15(20)22-16(3,4)5/h6-10H,1-5H3,(H,18,19,20). The Kier molecular flexibility index (Phi) is 5.20. The normalized spacial score (nSPS) is 12.1. The lowest BCUT2D eigenvalue weighted by Crippen LogP contribution is -2.27. The van der Waals surface area contributed by atoms with Gasteiger partial charge in [-0.25, -0.2) is 14.8 Å². The number of oxazole rings is 1. The number of carbonyl (C=O) groups is 1. The van der Waals surface area contributed by atoms with Gasteiger partial charge in [-0.3, -0.25) is 5.32 Å². The summed E-state index contributed by atoms with van der Waals surface area (Å²) in [5, 5.41) is 3.09. The van der Waals surface area contributed by atoms with Gasteiger partial charge in [-0.05, 0) is 26.8 Å². The molecular formula is C16H21N3O3S. The molecule has 2 heterocycles. The molecule has 0 aromatic carbocycles. The summed E-state index contributed by atoms with van der Waals surface area (Å²) in [6.45, 7) is 9.52. The molecule has 0 radical (unpaired) electrons. The van der Waals surface area contributed by atoms with Crippen LogP contribution in [0.2, 0.25) is 0 Å². The summed E-state index contributed by atoms with van der Waals surface area (Å²) < 4.78 is 10.8. The molecule has 23 heavy (non-hydrogen) atoms. The summed E-state index contributed by atoms with van der Waals surface area (Å²) in [7, 11) is 0. The minimum absolute atomic E-state index is 0.303. The van der Waals surface area contributed by atoms with E-state index in [0.717, 1.165) is 10.6 Å². The van der Waals surface area contributed by atoms with Gasteiger partial charge >= 0.3 is 6.09 Å². The van der Waals surface area contributed by atoms with E-state index in [9.17, 15) is 4.79 Å². The molecule has 0 atom stereocenters. The van der Waals surface area contributed by atoms with Crippen molar-refractivity contribution in [1.29, 1.82) is 0 Å². The third-order valence-electron chi connectivity index (χ3n) is 2.63. The maximum Gasteiger partial charge on any atom is 0.413 e. The number of hydrogen-bond donors (Lipinski definition) is 1. The van der Waals surface area contributed by atoms with E-state index in [-0.39, 0.29) is 0 Å². The third kappa shape index (κ3) is 5.52. The van der Waals surface area contributed by atoms with Crippen molar-refractivity contribution >= 4 is 34.7 Å². The van der Waals surface area contributed by atoms with Crippen LogP contribution >= 0.6 is 11.3 Å². The molecule has 0 unspecified atom stereocenters. The van der Waals surface area contributed by atoms with E-state index >= 15 is 0 Å². The highest BCUT2D eigenvalue weighted by molar-refractivity contribution is 7.16. The Balaban J connectivity index is 1.96. The van der Waals surface area contributed by atoms with Crippen LogP contribution in [0.5, 0.6) is 0 Å². The Morgan fingerprint density at radius 1 is 1.30 bits per heavy atom. The molecule has 0 saturated heterocycles. The number of ether oxygens (including phenoxy) is 1. The van der Waals surface area contributed by atoms with Crippen molar-refractivity contribution in [2.75, 3.05) is 5.32 Å². The Morgan fingerprint density at radius 2 is 2.04 bits per heavy atom. The number of thiazole rings is 1. The topological polar surface area (TPSA) is 77.2 Å². The second-order valence-corrected chi connectivity index (χ2v) is 7.35. The van der Waals surface area contributed by atoms with Gasteiger partial charge in [0.1, 0.15) is 11.4 Å². The van der Waals surface area contributed by atoms with Crippen LogP contribution in [0.4, 0.5) is 9.93 Å². The molecule has 0 aliphatic carbocycles. The number of aromatic nitrogens is 2. The van der Waals surface area contributed by atoms with Crippen LogP contribution in [0.1, 0.15) is 57.1 Å². The highest BCUT2D eigenvalue weighted by Crippen LogP contribution is 2.22. The van der Waals surface area contributed by atoms with Gasteiger partial charge in [0.2, 0.25) is 5.89 Å². The smallest absolute Gasteiger partial charge is 0.413 e. The number of nitrogens with zero attached hydrogens (tertiary/aromatic N) is 2. The fourth-order valence-electron chi connectivity index (χ4n) is 1.61. The second kappa shape index (κ2) is 6.95. The molecule has 0 spiro atoms. The highest BCUT2D eigenvalue weighted by atomic mass is 32.1. The molecule has 6 nitrogen and oxygen atoms in total. The first-order valence-electron chi connectivity index (χ1n) is 7.32. The summed E-state index contributed by atoms with van der Waals surface area (Å²) in [5.41, 5.74) is -0.539. The Bertz CT molecular complexity index is 695. The van der Waals surface area contributed by atoms with Crippen molar-refractivity contribution in [3.05, 3.63) is 28.9 Å². The predicted octanol–water partition coefficient (Wildman–Crippen LogP) is 4.77. The first kappa shape index (κ1) is 17.2. The number of carbonyl (C=O) groups excluding carboxylic acids is 1. The lowest BCUT2D eigenvalue weighted by molar-refractivity contribution is 0.0636. The van der Waals surface area contributed by atoms with Crippen LogP contribution in [0, 0.1) is 0 Å². The molecule has 0 fully saturated rings. The lowest BCUT2D eigenvalue weighted by Gasteiger charge is -2.18. The van der Waals surface area contributed by atoms with E-state index in [0.29, 0.717) is 16.9 Å². The van der Waals surface area contributed by atoms with Gasteiger partial charge in [0.05, 0.1) is 6.20 Å². The molecule has 1 amide bonds. The first-order valence-corrected chi connectivity index (χ1v) is 8.14. The van der Waals surface area contributed by atoms with Crippen molar-refractivity contribution in [3.8, 4) is 0 Å². The molecular weight excluding hydrogens is 314 g/mol. The minimum Gasteiger partial charge on any atom is -0.444 e. The quantitative estimate of drug-likeness (QED) is 0.870. The molecule has 0 bridgehead atoms. The predicted molar refractivity (Wildman–Crippen MR) is 91.5 cm³/mol. The van der Waals surface area contributed by atoms with E-state index < -0.39 is 11.7 Å². The van der Waals surface area contributed by atoms with E-state index in [2.05, 4.69) is 15.3 Å². The van der Waals surface area contributed by atoms with Gasteiger partial charge in [-0.15, -0.1) is 0 Å². The third-order valence-corrected chi connectivity index (χ3v) is 3.51.